The van der Waals surface area contributed by atoms with Gasteiger partial charge in [0.1, 0.15) is 6.04 Å². The standard InChI is InChI=1S/C16H20N4O4/c21-15(17-10-5-7-11(8-6-10)20(23)24)9-14-16(22)19-13-4-2-1-3-12(13)18-14/h5-8,12-14,18H,1-4,9H2,(H,17,21)(H,19,22)/p+1/t12-,13+,14+/m0/s1. The minimum absolute atomic E-state index is 0.0312. The van der Waals surface area contributed by atoms with E-state index in [9.17, 15) is 19.7 Å². The van der Waals surface area contributed by atoms with Crippen LogP contribution >= 0.6 is 0 Å². The number of quaternary nitrogens is 1. The largest absolute Gasteiger partial charge is 0.342 e. The molecule has 2 fully saturated rings. The topological polar surface area (TPSA) is 118 Å². The molecular weight excluding hydrogens is 312 g/mol. The summed E-state index contributed by atoms with van der Waals surface area (Å²) in [4.78, 5) is 34.4. The lowest BCUT2D eigenvalue weighted by atomic mass is 9.87. The maximum atomic E-state index is 12.2. The molecular formula is C16H21N4O4+. The lowest BCUT2D eigenvalue weighted by Gasteiger charge is -2.37. The molecule has 1 heterocycles. The third-order valence-corrected chi connectivity index (χ3v) is 4.73. The molecule has 0 spiro atoms. The van der Waals surface area contributed by atoms with Gasteiger partial charge >= 0.3 is 0 Å². The molecule has 4 N–H and O–H groups in total. The minimum Gasteiger partial charge on any atom is -0.342 e. The smallest absolute Gasteiger partial charge is 0.279 e. The predicted molar refractivity (Wildman–Crippen MR) is 86.2 cm³/mol. The van der Waals surface area contributed by atoms with Crippen molar-refractivity contribution >= 4 is 23.2 Å². The molecule has 128 valence electrons. The van der Waals surface area contributed by atoms with E-state index in [0.29, 0.717) is 11.7 Å². The zero-order valence-corrected chi connectivity index (χ0v) is 13.2. The number of carbonyl (C=O) groups is 2. The molecule has 2 aliphatic rings. The van der Waals surface area contributed by atoms with Crippen LogP contribution in [-0.4, -0.2) is 34.9 Å². The summed E-state index contributed by atoms with van der Waals surface area (Å²) in [6.45, 7) is 0. The maximum absolute atomic E-state index is 12.2. The molecule has 0 radical (unpaired) electrons. The Bertz CT molecular complexity index is 646. The Kier molecular flexibility index (Phi) is 4.75. The molecule has 24 heavy (non-hydrogen) atoms. The van der Waals surface area contributed by atoms with Crippen LogP contribution in [0.4, 0.5) is 11.4 Å². The van der Waals surface area contributed by atoms with Gasteiger partial charge in [-0.05, 0) is 25.0 Å². The Morgan fingerprint density at radius 3 is 2.71 bits per heavy atom. The van der Waals surface area contributed by atoms with Gasteiger partial charge in [0.05, 0.1) is 17.4 Å². The Hall–Kier alpha value is -2.48. The fourth-order valence-electron chi connectivity index (χ4n) is 3.48. The van der Waals surface area contributed by atoms with E-state index < -0.39 is 11.0 Å². The predicted octanol–water partition coefficient (Wildman–Crippen LogP) is 0.296. The van der Waals surface area contributed by atoms with Gasteiger partial charge in [-0.1, -0.05) is 6.42 Å². The van der Waals surface area contributed by atoms with Crippen LogP contribution in [0.1, 0.15) is 32.1 Å². The van der Waals surface area contributed by atoms with Crippen LogP contribution in [0.2, 0.25) is 0 Å². The van der Waals surface area contributed by atoms with Crippen molar-refractivity contribution in [2.24, 2.45) is 0 Å². The van der Waals surface area contributed by atoms with E-state index in [-0.39, 0.29) is 30.0 Å². The van der Waals surface area contributed by atoms with E-state index in [0.717, 1.165) is 25.7 Å². The highest BCUT2D eigenvalue weighted by molar-refractivity contribution is 5.95. The van der Waals surface area contributed by atoms with E-state index >= 15 is 0 Å². The van der Waals surface area contributed by atoms with Crippen LogP contribution in [0.3, 0.4) is 0 Å². The molecule has 3 rings (SSSR count). The number of nitrogens with two attached hydrogens (primary N) is 1. The van der Waals surface area contributed by atoms with Crippen molar-refractivity contribution in [3.8, 4) is 0 Å². The monoisotopic (exact) mass is 333 g/mol. The first-order valence-electron chi connectivity index (χ1n) is 8.22. The fourth-order valence-corrected chi connectivity index (χ4v) is 3.48. The molecule has 1 aliphatic heterocycles. The first kappa shape index (κ1) is 16.4. The number of nitrogens with one attached hydrogen (secondary N) is 2. The molecule has 1 saturated carbocycles. The zero-order chi connectivity index (χ0) is 17.1. The van der Waals surface area contributed by atoms with E-state index in [1.165, 1.54) is 24.3 Å². The normalized spacial score (nSPS) is 26.2. The molecule has 3 atom stereocenters. The van der Waals surface area contributed by atoms with Gasteiger partial charge in [0.25, 0.3) is 11.6 Å². The number of fused-ring (bicyclic) bond motifs is 1. The van der Waals surface area contributed by atoms with Crippen molar-refractivity contribution in [3.05, 3.63) is 34.4 Å². The Labute approximate surface area is 139 Å². The number of amides is 2. The first-order valence-corrected chi connectivity index (χ1v) is 8.22. The average molecular weight is 333 g/mol. The SMILES string of the molecule is O=C(C[C@H]1[NH2+][C@H]2CCCC[C@H]2NC1=O)Nc1ccc([N+](=O)[O-])cc1. The molecule has 1 aliphatic carbocycles. The highest BCUT2D eigenvalue weighted by atomic mass is 16.6. The van der Waals surface area contributed by atoms with Gasteiger partial charge in [-0.3, -0.25) is 19.7 Å². The number of non-ortho nitro benzene ring substituents is 1. The summed E-state index contributed by atoms with van der Waals surface area (Å²) >= 11 is 0. The van der Waals surface area contributed by atoms with Crippen molar-refractivity contribution in [1.29, 1.82) is 0 Å². The van der Waals surface area contributed by atoms with Gasteiger partial charge in [0.15, 0.2) is 6.04 Å². The summed E-state index contributed by atoms with van der Waals surface area (Å²) in [5.41, 5.74) is 0.452. The van der Waals surface area contributed by atoms with E-state index in [2.05, 4.69) is 10.6 Å². The third kappa shape index (κ3) is 3.70. The number of carbonyl (C=O) groups excluding carboxylic acids is 2. The molecule has 0 unspecified atom stereocenters. The Balaban J connectivity index is 1.56. The number of hydrogen-bond acceptors (Lipinski definition) is 4. The van der Waals surface area contributed by atoms with Crippen molar-refractivity contribution in [3.63, 3.8) is 0 Å². The fraction of sp³-hybridized carbons (Fsp3) is 0.500. The summed E-state index contributed by atoms with van der Waals surface area (Å²) in [5.74, 6) is -0.355. The second kappa shape index (κ2) is 6.96. The Morgan fingerprint density at radius 2 is 2.00 bits per heavy atom. The number of rotatable bonds is 4. The van der Waals surface area contributed by atoms with Gasteiger partial charge in [-0.2, -0.15) is 0 Å². The number of hydrogen-bond donors (Lipinski definition) is 3. The third-order valence-electron chi connectivity index (χ3n) is 4.73. The molecule has 0 bridgehead atoms. The van der Waals surface area contributed by atoms with Crippen molar-refractivity contribution in [1.82, 2.24) is 5.32 Å². The molecule has 1 aromatic carbocycles. The summed E-state index contributed by atoms with van der Waals surface area (Å²) in [6, 6.07) is 5.80. The summed E-state index contributed by atoms with van der Waals surface area (Å²) < 4.78 is 0. The number of piperazine rings is 1. The van der Waals surface area contributed by atoms with Crippen LogP contribution < -0.4 is 16.0 Å². The summed E-state index contributed by atoms with van der Waals surface area (Å²) in [6.07, 6.45) is 4.46. The molecule has 1 aromatic rings. The maximum Gasteiger partial charge on any atom is 0.279 e. The highest BCUT2D eigenvalue weighted by Gasteiger charge is 2.40. The average Bonchev–Trinajstić information content (AvgIpc) is 2.56. The van der Waals surface area contributed by atoms with Gasteiger partial charge in [-0.15, -0.1) is 0 Å². The van der Waals surface area contributed by atoms with Crippen LogP contribution in [-0.2, 0) is 9.59 Å². The minimum atomic E-state index is -0.493. The van der Waals surface area contributed by atoms with Crippen molar-refractivity contribution in [2.45, 2.75) is 50.2 Å². The van der Waals surface area contributed by atoms with Crippen LogP contribution in [0, 0.1) is 10.1 Å². The van der Waals surface area contributed by atoms with Crippen LogP contribution in [0.25, 0.3) is 0 Å². The van der Waals surface area contributed by atoms with E-state index in [4.69, 9.17) is 0 Å². The highest BCUT2D eigenvalue weighted by Crippen LogP contribution is 2.19. The van der Waals surface area contributed by atoms with Crippen molar-refractivity contribution < 1.29 is 19.8 Å². The van der Waals surface area contributed by atoms with Gasteiger partial charge in [-0.25, -0.2) is 0 Å². The lowest BCUT2D eigenvalue weighted by Crippen LogP contribution is -3.03. The van der Waals surface area contributed by atoms with E-state index in [1.807, 2.05) is 5.32 Å². The van der Waals surface area contributed by atoms with Crippen LogP contribution in [0.15, 0.2) is 24.3 Å². The molecule has 2 amide bonds. The quantitative estimate of drug-likeness (QED) is 0.542. The van der Waals surface area contributed by atoms with Crippen LogP contribution in [0.5, 0.6) is 0 Å². The molecule has 0 aromatic heterocycles. The Morgan fingerprint density at radius 1 is 1.29 bits per heavy atom. The summed E-state index contributed by atoms with van der Waals surface area (Å²) in [5, 5.41) is 18.4. The molecule has 1 saturated heterocycles. The first-order chi connectivity index (χ1) is 11.5. The second-order valence-corrected chi connectivity index (χ2v) is 6.42. The lowest BCUT2D eigenvalue weighted by molar-refractivity contribution is -0.718. The van der Waals surface area contributed by atoms with E-state index in [1.54, 1.807) is 0 Å². The number of anilines is 1. The number of nitro benzene ring substituents is 1. The molecule has 8 nitrogen and oxygen atoms in total. The molecule has 8 heteroatoms. The van der Waals surface area contributed by atoms with Gasteiger partial charge in [0.2, 0.25) is 5.91 Å². The van der Waals surface area contributed by atoms with Crippen molar-refractivity contribution in [2.75, 3.05) is 5.32 Å². The number of nitro groups is 1. The van der Waals surface area contributed by atoms with Gasteiger partial charge in [0, 0.05) is 24.2 Å². The number of nitrogens with zero attached hydrogens (tertiary/aromatic N) is 1. The number of benzene rings is 1. The van der Waals surface area contributed by atoms with Gasteiger partial charge < -0.3 is 16.0 Å². The second-order valence-electron chi connectivity index (χ2n) is 6.42. The summed E-state index contributed by atoms with van der Waals surface area (Å²) in [7, 11) is 0. The zero-order valence-electron chi connectivity index (χ0n) is 13.2.